The molecule has 3 heteroatoms. The van der Waals surface area contributed by atoms with Gasteiger partial charge in [0.05, 0.1) is 7.11 Å². The first-order valence-corrected chi connectivity index (χ1v) is 5.90. The van der Waals surface area contributed by atoms with Crippen LogP contribution >= 0.6 is 0 Å². The predicted octanol–water partition coefficient (Wildman–Crippen LogP) is 3.05. The number of benzene rings is 2. The van der Waals surface area contributed by atoms with Crippen LogP contribution in [0.15, 0.2) is 42.5 Å². The molecule has 0 bridgehead atoms. The summed E-state index contributed by atoms with van der Waals surface area (Å²) in [6.07, 6.45) is 0.705. The zero-order valence-corrected chi connectivity index (χ0v) is 10.8. The smallest absolute Gasteiger partial charge is 0.193 e. The van der Waals surface area contributed by atoms with E-state index in [0.717, 1.165) is 5.56 Å². The SMILES string of the molecule is COc1ccc(C(=O)c2cc(C)ccc2C=O)cc1. The van der Waals surface area contributed by atoms with Crippen molar-refractivity contribution >= 4 is 12.1 Å². The summed E-state index contributed by atoms with van der Waals surface area (Å²) in [6.45, 7) is 1.89. The van der Waals surface area contributed by atoms with Gasteiger partial charge in [-0.1, -0.05) is 17.7 Å². The van der Waals surface area contributed by atoms with Gasteiger partial charge in [0.2, 0.25) is 0 Å². The minimum absolute atomic E-state index is 0.159. The average Bonchev–Trinajstić information content (AvgIpc) is 2.46. The molecule has 0 heterocycles. The number of carbonyl (C=O) groups is 2. The molecule has 19 heavy (non-hydrogen) atoms. The van der Waals surface area contributed by atoms with Gasteiger partial charge in [-0.3, -0.25) is 9.59 Å². The lowest BCUT2D eigenvalue weighted by Crippen LogP contribution is -2.05. The standard InChI is InChI=1S/C16H14O3/c1-11-3-4-13(10-17)15(9-11)16(18)12-5-7-14(19-2)8-6-12/h3-10H,1-2H3. The summed E-state index contributed by atoms with van der Waals surface area (Å²) >= 11 is 0. The minimum atomic E-state index is -0.159. The van der Waals surface area contributed by atoms with Crippen LogP contribution < -0.4 is 4.74 Å². The lowest BCUT2D eigenvalue weighted by atomic mass is 9.97. The largest absolute Gasteiger partial charge is 0.497 e. The number of aryl methyl sites for hydroxylation is 1. The summed E-state index contributed by atoms with van der Waals surface area (Å²) in [6, 6.07) is 12.0. The summed E-state index contributed by atoms with van der Waals surface area (Å²) in [5, 5.41) is 0. The van der Waals surface area contributed by atoms with E-state index in [1.165, 1.54) is 0 Å². The van der Waals surface area contributed by atoms with Crippen molar-refractivity contribution in [2.75, 3.05) is 7.11 Å². The van der Waals surface area contributed by atoms with E-state index in [2.05, 4.69) is 0 Å². The Bertz CT molecular complexity index is 612. The van der Waals surface area contributed by atoms with Crippen LogP contribution in [0.4, 0.5) is 0 Å². The Morgan fingerprint density at radius 1 is 1.11 bits per heavy atom. The van der Waals surface area contributed by atoms with Crippen LogP contribution in [-0.4, -0.2) is 19.2 Å². The quantitative estimate of drug-likeness (QED) is 0.622. The van der Waals surface area contributed by atoms with Crippen LogP contribution in [-0.2, 0) is 0 Å². The molecular weight excluding hydrogens is 240 g/mol. The second-order valence-electron chi connectivity index (χ2n) is 4.27. The van der Waals surface area contributed by atoms with E-state index < -0.39 is 0 Å². The zero-order valence-electron chi connectivity index (χ0n) is 10.8. The maximum atomic E-state index is 12.4. The van der Waals surface area contributed by atoms with Gasteiger partial charge in [0, 0.05) is 16.7 Å². The summed E-state index contributed by atoms with van der Waals surface area (Å²) in [4.78, 5) is 23.4. The van der Waals surface area contributed by atoms with Crippen LogP contribution in [0.5, 0.6) is 5.75 Å². The van der Waals surface area contributed by atoms with E-state index in [0.29, 0.717) is 28.7 Å². The van der Waals surface area contributed by atoms with Gasteiger partial charge in [0.25, 0.3) is 0 Å². The fourth-order valence-corrected chi connectivity index (χ4v) is 1.87. The normalized spacial score (nSPS) is 10.0. The molecule has 0 amide bonds. The first-order valence-electron chi connectivity index (χ1n) is 5.90. The van der Waals surface area contributed by atoms with Crippen LogP contribution in [0.2, 0.25) is 0 Å². The molecule has 2 aromatic carbocycles. The van der Waals surface area contributed by atoms with Gasteiger partial charge in [-0.25, -0.2) is 0 Å². The molecule has 0 aliphatic rings. The van der Waals surface area contributed by atoms with Crippen molar-refractivity contribution in [3.05, 3.63) is 64.7 Å². The summed E-state index contributed by atoms with van der Waals surface area (Å²) in [7, 11) is 1.57. The molecule has 0 aliphatic carbocycles. The van der Waals surface area contributed by atoms with Crippen molar-refractivity contribution in [3.8, 4) is 5.75 Å². The predicted molar refractivity (Wildman–Crippen MR) is 73.0 cm³/mol. The Kier molecular flexibility index (Phi) is 3.76. The number of hydrogen-bond donors (Lipinski definition) is 0. The highest BCUT2D eigenvalue weighted by Crippen LogP contribution is 2.18. The molecule has 0 fully saturated rings. The molecule has 0 atom stereocenters. The van der Waals surface area contributed by atoms with Crippen molar-refractivity contribution < 1.29 is 14.3 Å². The monoisotopic (exact) mass is 254 g/mol. The second-order valence-corrected chi connectivity index (χ2v) is 4.27. The maximum absolute atomic E-state index is 12.4. The Hall–Kier alpha value is -2.42. The molecule has 0 unspecified atom stereocenters. The topological polar surface area (TPSA) is 43.4 Å². The molecule has 0 saturated heterocycles. The highest BCUT2D eigenvalue weighted by atomic mass is 16.5. The number of rotatable bonds is 4. The van der Waals surface area contributed by atoms with Gasteiger partial charge in [-0.05, 0) is 37.3 Å². The summed E-state index contributed by atoms with van der Waals surface area (Å²) in [5.41, 5.74) is 2.32. The van der Waals surface area contributed by atoms with Gasteiger partial charge < -0.3 is 4.74 Å². The van der Waals surface area contributed by atoms with E-state index in [4.69, 9.17) is 4.74 Å². The van der Waals surface area contributed by atoms with Gasteiger partial charge in [-0.15, -0.1) is 0 Å². The fourth-order valence-electron chi connectivity index (χ4n) is 1.87. The molecule has 96 valence electrons. The van der Waals surface area contributed by atoms with Crippen LogP contribution in [0.1, 0.15) is 31.8 Å². The van der Waals surface area contributed by atoms with Crippen molar-refractivity contribution in [3.63, 3.8) is 0 Å². The molecule has 0 saturated carbocycles. The van der Waals surface area contributed by atoms with Crippen molar-refractivity contribution in [2.24, 2.45) is 0 Å². The molecule has 0 aliphatic heterocycles. The zero-order chi connectivity index (χ0) is 13.8. The highest BCUT2D eigenvalue weighted by Gasteiger charge is 2.13. The molecule has 0 aromatic heterocycles. The van der Waals surface area contributed by atoms with Gasteiger partial charge in [0.15, 0.2) is 12.1 Å². The number of ether oxygens (including phenoxy) is 1. The second kappa shape index (κ2) is 5.48. The minimum Gasteiger partial charge on any atom is -0.497 e. The first kappa shape index (κ1) is 13.0. The summed E-state index contributed by atoms with van der Waals surface area (Å²) < 4.78 is 5.05. The number of carbonyl (C=O) groups excluding carboxylic acids is 2. The summed E-state index contributed by atoms with van der Waals surface area (Å²) in [5.74, 6) is 0.532. The molecule has 2 aromatic rings. The highest BCUT2D eigenvalue weighted by molar-refractivity contribution is 6.12. The molecular formula is C16H14O3. The van der Waals surface area contributed by atoms with Crippen molar-refractivity contribution in [1.82, 2.24) is 0 Å². The molecule has 0 spiro atoms. The third-order valence-electron chi connectivity index (χ3n) is 2.93. The van der Waals surface area contributed by atoms with Crippen LogP contribution in [0, 0.1) is 6.92 Å². The van der Waals surface area contributed by atoms with Gasteiger partial charge in [-0.2, -0.15) is 0 Å². The van der Waals surface area contributed by atoms with Crippen molar-refractivity contribution in [2.45, 2.75) is 6.92 Å². The number of ketones is 1. The third kappa shape index (κ3) is 2.71. The van der Waals surface area contributed by atoms with Gasteiger partial charge in [0.1, 0.15) is 5.75 Å². The Labute approximate surface area is 111 Å². The van der Waals surface area contributed by atoms with Gasteiger partial charge >= 0.3 is 0 Å². The molecule has 0 N–H and O–H groups in total. The maximum Gasteiger partial charge on any atom is 0.193 e. The lowest BCUT2D eigenvalue weighted by Gasteiger charge is -2.06. The van der Waals surface area contributed by atoms with Crippen LogP contribution in [0.3, 0.4) is 0 Å². The molecule has 0 radical (unpaired) electrons. The Balaban J connectivity index is 2.42. The first-order chi connectivity index (χ1) is 9.15. The van der Waals surface area contributed by atoms with Crippen LogP contribution in [0.25, 0.3) is 0 Å². The third-order valence-corrected chi connectivity index (χ3v) is 2.93. The van der Waals surface area contributed by atoms with E-state index in [9.17, 15) is 9.59 Å². The number of hydrogen-bond acceptors (Lipinski definition) is 3. The Morgan fingerprint density at radius 2 is 1.79 bits per heavy atom. The number of aldehydes is 1. The average molecular weight is 254 g/mol. The van der Waals surface area contributed by atoms with E-state index in [1.54, 1.807) is 43.5 Å². The fraction of sp³-hybridized carbons (Fsp3) is 0.125. The van der Waals surface area contributed by atoms with Crippen molar-refractivity contribution in [1.29, 1.82) is 0 Å². The van der Waals surface area contributed by atoms with E-state index in [-0.39, 0.29) is 5.78 Å². The number of methoxy groups -OCH3 is 1. The Morgan fingerprint density at radius 3 is 2.37 bits per heavy atom. The molecule has 2 rings (SSSR count). The molecule has 3 nitrogen and oxygen atoms in total. The van der Waals surface area contributed by atoms with E-state index >= 15 is 0 Å². The van der Waals surface area contributed by atoms with E-state index in [1.807, 2.05) is 13.0 Å². The lowest BCUT2D eigenvalue weighted by molar-refractivity contribution is 0.102.